The Morgan fingerprint density at radius 3 is 1.97 bits per heavy atom. The fourth-order valence-corrected chi connectivity index (χ4v) is 10.3. The maximum Gasteiger partial charge on any atom is 0.415 e. The zero-order chi connectivity index (χ0) is 27.9. The highest BCUT2D eigenvalue weighted by molar-refractivity contribution is 7.03. The molecule has 0 aliphatic heterocycles. The van der Waals surface area contributed by atoms with Crippen molar-refractivity contribution in [2.45, 2.75) is 65.3 Å². The molecule has 0 radical (unpaired) electrons. The highest BCUT2D eigenvalue weighted by Crippen LogP contribution is 2.36. The first-order valence-electron chi connectivity index (χ1n) is 13.5. The van der Waals surface area contributed by atoms with Crippen molar-refractivity contribution in [3.05, 3.63) is 96.8 Å². The summed E-state index contributed by atoms with van der Waals surface area (Å²) in [6, 6.07) is 23.6. The van der Waals surface area contributed by atoms with Gasteiger partial charge in [0.15, 0.2) is 20.0 Å². The summed E-state index contributed by atoms with van der Waals surface area (Å²) in [4.78, 5) is 14.6. The Kier molecular flexibility index (Phi) is 9.69. The number of pyridine rings is 1. The predicted molar refractivity (Wildman–Crippen MR) is 158 cm³/mol. The standard InChI is InChI=1S/C32H43N2O3Si/c1-8-34(9-2)31(36)37-30-23-33(21-20-26(30)22-29(35)25(3)4)24-38(32(5,6)7,27-16-12-10-13-17-27)28-18-14-11-15-19-28/h10-21,23,29,35H,3,8-9,22,24H2,1-2,4-7H3/q+1. The van der Waals surface area contributed by atoms with E-state index < -0.39 is 14.2 Å². The zero-order valence-corrected chi connectivity index (χ0v) is 24.8. The first kappa shape index (κ1) is 29.3. The molecule has 1 atom stereocenters. The Labute approximate surface area is 229 Å². The largest absolute Gasteiger partial charge is 0.415 e. The molecule has 0 aliphatic carbocycles. The molecule has 1 aromatic heterocycles. The van der Waals surface area contributed by atoms with Gasteiger partial charge in [-0.2, -0.15) is 0 Å². The Morgan fingerprint density at radius 1 is 1.00 bits per heavy atom. The van der Waals surface area contributed by atoms with Crippen LogP contribution in [0.5, 0.6) is 5.75 Å². The molecule has 2 aromatic carbocycles. The van der Waals surface area contributed by atoms with E-state index in [9.17, 15) is 9.90 Å². The molecule has 3 aromatic rings. The van der Waals surface area contributed by atoms with Crippen LogP contribution in [0.2, 0.25) is 5.04 Å². The van der Waals surface area contributed by atoms with E-state index >= 15 is 0 Å². The van der Waals surface area contributed by atoms with Gasteiger partial charge in [0.1, 0.15) is 6.17 Å². The number of amides is 1. The smallest absolute Gasteiger partial charge is 0.403 e. The van der Waals surface area contributed by atoms with Crippen molar-refractivity contribution in [2.75, 3.05) is 13.1 Å². The van der Waals surface area contributed by atoms with Crippen molar-refractivity contribution in [1.82, 2.24) is 4.90 Å². The third-order valence-corrected chi connectivity index (χ3v) is 13.5. The van der Waals surface area contributed by atoms with Crippen LogP contribution in [0.25, 0.3) is 0 Å². The van der Waals surface area contributed by atoms with E-state index in [1.165, 1.54) is 10.4 Å². The first-order valence-corrected chi connectivity index (χ1v) is 15.7. The Morgan fingerprint density at radius 2 is 1.53 bits per heavy atom. The minimum atomic E-state index is -2.41. The van der Waals surface area contributed by atoms with E-state index in [0.717, 1.165) is 11.7 Å². The molecule has 1 unspecified atom stereocenters. The number of carbonyl (C=O) groups is 1. The van der Waals surface area contributed by atoms with Gasteiger partial charge in [-0.15, -0.1) is 0 Å². The number of aliphatic hydroxyl groups is 1. The van der Waals surface area contributed by atoms with E-state index in [1.807, 2.05) is 26.1 Å². The second kappa shape index (κ2) is 12.5. The minimum Gasteiger partial charge on any atom is -0.403 e. The fraction of sp³-hybridized carbons (Fsp3) is 0.375. The summed E-state index contributed by atoms with van der Waals surface area (Å²) >= 11 is 0. The number of rotatable bonds is 10. The van der Waals surface area contributed by atoms with Crippen LogP contribution in [-0.2, 0) is 12.6 Å². The molecule has 5 nitrogen and oxygen atoms in total. The summed E-state index contributed by atoms with van der Waals surface area (Å²) < 4.78 is 8.13. The molecule has 1 N–H and O–H groups in total. The molecule has 3 rings (SSSR count). The van der Waals surface area contributed by atoms with E-state index in [1.54, 1.807) is 11.8 Å². The minimum absolute atomic E-state index is 0.0183. The summed E-state index contributed by atoms with van der Waals surface area (Å²) in [5, 5.41) is 13.2. The molecule has 6 heteroatoms. The number of benzene rings is 2. The molecule has 38 heavy (non-hydrogen) atoms. The van der Waals surface area contributed by atoms with Gasteiger partial charge in [-0.05, 0) is 36.2 Å². The average Bonchev–Trinajstić information content (AvgIpc) is 2.89. The summed E-state index contributed by atoms with van der Waals surface area (Å²) in [6.45, 7) is 17.7. The number of carbonyl (C=O) groups excluding carboxylic acids is 1. The lowest BCUT2D eigenvalue weighted by molar-refractivity contribution is -0.681. The van der Waals surface area contributed by atoms with Crippen LogP contribution in [0.1, 0.15) is 47.1 Å². The second-order valence-electron chi connectivity index (χ2n) is 11.0. The summed E-state index contributed by atoms with van der Waals surface area (Å²) in [5.41, 5.74) is 1.45. The van der Waals surface area contributed by atoms with Gasteiger partial charge in [-0.1, -0.05) is 93.6 Å². The molecular weight excluding hydrogens is 488 g/mol. The van der Waals surface area contributed by atoms with Gasteiger partial charge in [0.05, 0.1) is 6.10 Å². The maximum atomic E-state index is 13.0. The van der Waals surface area contributed by atoms with Crippen LogP contribution in [-0.4, -0.2) is 43.4 Å². The SMILES string of the molecule is C=C(C)C(O)Cc1cc[n+](C[Si](c2ccccc2)(c2ccccc2)C(C)(C)C)cc1OC(=O)N(CC)CC. The van der Waals surface area contributed by atoms with Gasteiger partial charge >= 0.3 is 6.09 Å². The van der Waals surface area contributed by atoms with E-state index in [4.69, 9.17) is 4.74 Å². The molecular formula is C32H43N2O3Si+. The first-order chi connectivity index (χ1) is 18.0. The monoisotopic (exact) mass is 531 g/mol. The molecule has 0 aliphatic rings. The summed E-state index contributed by atoms with van der Waals surface area (Å²) in [7, 11) is -2.41. The lowest BCUT2D eigenvalue weighted by Gasteiger charge is -2.41. The van der Waals surface area contributed by atoms with E-state index in [2.05, 4.69) is 98.8 Å². The zero-order valence-electron chi connectivity index (χ0n) is 23.8. The van der Waals surface area contributed by atoms with Crippen molar-refractivity contribution in [1.29, 1.82) is 0 Å². The van der Waals surface area contributed by atoms with Gasteiger partial charge in [0, 0.05) is 31.1 Å². The normalized spacial score (nSPS) is 12.6. The molecule has 0 fully saturated rings. The highest BCUT2D eigenvalue weighted by Gasteiger charge is 2.51. The number of nitrogens with zero attached hydrogens (tertiary/aromatic N) is 2. The van der Waals surface area contributed by atoms with Gasteiger partial charge in [0.2, 0.25) is 6.20 Å². The van der Waals surface area contributed by atoms with Crippen LogP contribution in [0.4, 0.5) is 4.79 Å². The van der Waals surface area contributed by atoms with Crippen molar-refractivity contribution in [3.8, 4) is 5.75 Å². The van der Waals surface area contributed by atoms with Crippen LogP contribution < -0.4 is 19.7 Å². The summed E-state index contributed by atoms with van der Waals surface area (Å²) in [5.74, 6) is 0.475. The van der Waals surface area contributed by atoms with Crippen LogP contribution in [0.15, 0.2) is 91.3 Å². The fourth-order valence-electron chi connectivity index (χ4n) is 5.10. The topological polar surface area (TPSA) is 53.7 Å². The van der Waals surface area contributed by atoms with Gasteiger partial charge in [-0.3, -0.25) is 0 Å². The van der Waals surface area contributed by atoms with E-state index in [-0.39, 0.29) is 11.1 Å². The lowest BCUT2D eigenvalue weighted by atomic mass is 10.0. The second-order valence-corrected chi connectivity index (χ2v) is 15.8. The predicted octanol–water partition coefficient (Wildman–Crippen LogP) is 4.90. The van der Waals surface area contributed by atoms with Crippen molar-refractivity contribution >= 4 is 24.5 Å². The van der Waals surface area contributed by atoms with Crippen LogP contribution in [0.3, 0.4) is 0 Å². The average molecular weight is 532 g/mol. The van der Waals surface area contributed by atoms with Crippen molar-refractivity contribution in [3.63, 3.8) is 0 Å². The number of hydrogen-bond donors (Lipinski definition) is 1. The number of ether oxygens (including phenoxy) is 1. The third kappa shape index (κ3) is 6.42. The number of aliphatic hydroxyl groups excluding tert-OH is 1. The quantitative estimate of drug-likeness (QED) is 0.230. The molecule has 0 spiro atoms. The maximum absolute atomic E-state index is 13.0. The summed E-state index contributed by atoms with van der Waals surface area (Å²) in [6.07, 6.45) is 3.98. The van der Waals surface area contributed by atoms with E-state index in [0.29, 0.717) is 30.8 Å². The van der Waals surface area contributed by atoms with Gasteiger partial charge in [-0.25, -0.2) is 9.36 Å². The number of aromatic nitrogens is 1. The van der Waals surface area contributed by atoms with Crippen molar-refractivity contribution < 1.29 is 19.2 Å². The molecule has 0 saturated carbocycles. The molecule has 202 valence electrons. The van der Waals surface area contributed by atoms with Crippen LogP contribution in [0, 0.1) is 0 Å². The van der Waals surface area contributed by atoms with Crippen LogP contribution >= 0.6 is 0 Å². The number of hydrogen-bond acceptors (Lipinski definition) is 3. The molecule has 0 saturated heterocycles. The van der Waals surface area contributed by atoms with Gasteiger partial charge < -0.3 is 14.7 Å². The Balaban J connectivity index is 2.16. The molecule has 0 bridgehead atoms. The Bertz CT molecular complexity index is 1180. The lowest BCUT2D eigenvalue weighted by Crippen LogP contribution is -2.71. The Hall–Kier alpha value is -3.22. The third-order valence-electron chi connectivity index (χ3n) is 7.50. The molecule has 1 amide bonds. The van der Waals surface area contributed by atoms with Gasteiger partial charge in [0.25, 0.3) is 0 Å². The highest BCUT2D eigenvalue weighted by atomic mass is 28.3. The van der Waals surface area contributed by atoms with Crippen molar-refractivity contribution in [2.24, 2.45) is 0 Å². The molecule has 1 heterocycles.